The zero-order valence-electron chi connectivity index (χ0n) is 15.0. The third-order valence-electron chi connectivity index (χ3n) is 3.50. The predicted octanol–water partition coefficient (Wildman–Crippen LogP) is 3.38. The highest BCUT2D eigenvalue weighted by atomic mass is 28.3. The maximum Gasteiger partial charge on any atom is 0.303 e. The molecule has 6 nitrogen and oxygen atoms in total. The van der Waals surface area contributed by atoms with E-state index in [0.717, 1.165) is 6.04 Å². The molecule has 0 spiro atoms. The average Bonchev–Trinajstić information content (AvgIpc) is 2.97. The summed E-state index contributed by atoms with van der Waals surface area (Å²) in [6.45, 7) is 9.26. The lowest BCUT2D eigenvalue weighted by Crippen LogP contribution is -2.21. The fraction of sp³-hybridized carbons (Fsp3) is 0.471. The molecule has 2 aromatic rings. The van der Waals surface area contributed by atoms with Gasteiger partial charge in [-0.15, -0.1) is 0 Å². The van der Waals surface area contributed by atoms with E-state index in [9.17, 15) is 9.18 Å². The van der Waals surface area contributed by atoms with Crippen LogP contribution in [0.5, 0.6) is 0 Å². The molecule has 1 unspecified atom stereocenters. The second kappa shape index (κ2) is 8.35. The van der Waals surface area contributed by atoms with Gasteiger partial charge in [-0.1, -0.05) is 19.6 Å². The number of imidazole rings is 1. The molecule has 0 radical (unpaired) electrons. The van der Waals surface area contributed by atoms with E-state index in [0.29, 0.717) is 24.6 Å². The standard InChI is InChI=1S/C17H24FN3O3Si/c1-13(22)24-17(14-5-6-19-16(18)9-14)15-10-21(11-20-15)12-23-7-8-25(2,3)4/h5-6,9-11,17H,7-8,12H2,1-4H3. The largest absolute Gasteiger partial charge is 0.451 e. The first-order chi connectivity index (χ1) is 11.7. The van der Waals surface area contributed by atoms with Crippen LogP contribution in [-0.2, 0) is 21.0 Å². The van der Waals surface area contributed by atoms with Crippen molar-refractivity contribution in [3.05, 3.63) is 48.1 Å². The highest BCUT2D eigenvalue weighted by Gasteiger charge is 2.21. The average molecular weight is 365 g/mol. The van der Waals surface area contributed by atoms with Crippen molar-refractivity contribution in [1.29, 1.82) is 0 Å². The van der Waals surface area contributed by atoms with Crippen LogP contribution in [0.25, 0.3) is 0 Å². The molecule has 0 saturated carbocycles. The van der Waals surface area contributed by atoms with Crippen molar-refractivity contribution in [2.45, 2.75) is 45.4 Å². The number of halogens is 1. The summed E-state index contributed by atoms with van der Waals surface area (Å²) in [7, 11) is -1.12. The normalized spacial score (nSPS) is 12.8. The van der Waals surface area contributed by atoms with Crippen LogP contribution in [0.1, 0.15) is 24.3 Å². The van der Waals surface area contributed by atoms with Gasteiger partial charge in [0.05, 0.1) is 6.33 Å². The van der Waals surface area contributed by atoms with Gasteiger partial charge >= 0.3 is 5.97 Å². The highest BCUT2D eigenvalue weighted by molar-refractivity contribution is 6.76. The molecule has 25 heavy (non-hydrogen) atoms. The van der Waals surface area contributed by atoms with Crippen LogP contribution in [0.3, 0.4) is 0 Å². The first-order valence-electron chi connectivity index (χ1n) is 8.13. The van der Waals surface area contributed by atoms with Crippen LogP contribution < -0.4 is 0 Å². The van der Waals surface area contributed by atoms with Gasteiger partial charge in [0.25, 0.3) is 0 Å². The smallest absolute Gasteiger partial charge is 0.303 e. The second-order valence-corrected chi connectivity index (χ2v) is 12.7. The van der Waals surface area contributed by atoms with E-state index in [4.69, 9.17) is 9.47 Å². The number of rotatable bonds is 8. The monoisotopic (exact) mass is 365 g/mol. The molecule has 0 saturated heterocycles. The van der Waals surface area contributed by atoms with Gasteiger partial charge in [-0.3, -0.25) is 4.79 Å². The number of hydrogen-bond acceptors (Lipinski definition) is 5. The minimum absolute atomic E-state index is 0.370. The van der Waals surface area contributed by atoms with Crippen molar-refractivity contribution < 1.29 is 18.7 Å². The summed E-state index contributed by atoms with van der Waals surface area (Å²) in [6.07, 6.45) is 3.90. The van der Waals surface area contributed by atoms with Crippen LogP contribution in [0, 0.1) is 5.95 Å². The fourth-order valence-electron chi connectivity index (χ4n) is 2.18. The van der Waals surface area contributed by atoms with Crippen molar-refractivity contribution in [1.82, 2.24) is 14.5 Å². The Kier molecular flexibility index (Phi) is 6.43. The number of aromatic nitrogens is 3. The van der Waals surface area contributed by atoms with Crippen LogP contribution in [-0.4, -0.2) is 35.2 Å². The topological polar surface area (TPSA) is 66.2 Å². The molecule has 0 bridgehead atoms. The maximum atomic E-state index is 13.4. The first-order valence-corrected chi connectivity index (χ1v) is 11.8. The van der Waals surface area contributed by atoms with E-state index in [1.54, 1.807) is 23.2 Å². The summed E-state index contributed by atoms with van der Waals surface area (Å²) in [5.74, 6) is -1.10. The lowest BCUT2D eigenvalue weighted by atomic mass is 10.1. The van der Waals surface area contributed by atoms with Gasteiger partial charge in [0.15, 0.2) is 6.10 Å². The minimum Gasteiger partial charge on any atom is -0.451 e. The summed E-state index contributed by atoms with van der Waals surface area (Å²) in [4.78, 5) is 19.2. The molecule has 0 fully saturated rings. The van der Waals surface area contributed by atoms with Gasteiger partial charge in [0, 0.05) is 45.6 Å². The number of nitrogens with zero attached hydrogens (tertiary/aromatic N) is 3. The third kappa shape index (κ3) is 6.39. The molecule has 0 aliphatic heterocycles. The van der Waals surface area contributed by atoms with Gasteiger partial charge in [-0.25, -0.2) is 9.97 Å². The lowest BCUT2D eigenvalue weighted by molar-refractivity contribution is -0.144. The Balaban J connectivity index is 2.06. The number of ether oxygens (including phenoxy) is 2. The third-order valence-corrected chi connectivity index (χ3v) is 5.20. The number of pyridine rings is 1. The van der Waals surface area contributed by atoms with Crippen molar-refractivity contribution in [2.75, 3.05) is 6.61 Å². The van der Waals surface area contributed by atoms with Crippen molar-refractivity contribution in [2.24, 2.45) is 0 Å². The molecule has 0 amide bonds. The van der Waals surface area contributed by atoms with Gasteiger partial charge in [-0.2, -0.15) is 4.39 Å². The Hall–Kier alpha value is -2.06. The Morgan fingerprint density at radius 2 is 2.12 bits per heavy atom. The van der Waals surface area contributed by atoms with Crippen LogP contribution in [0.15, 0.2) is 30.9 Å². The zero-order valence-corrected chi connectivity index (χ0v) is 16.0. The molecule has 0 N–H and O–H groups in total. The van der Waals surface area contributed by atoms with E-state index in [2.05, 4.69) is 29.6 Å². The fourth-order valence-corrected chi connectivity index (χ4v) is 2.93. The van der Waals surface area contributed by atoms with Crippen molar-refractivity contribution in [3.63, 3.8) is 0 Å². The van der Waals surface area contributed by atoms with Crippen molar-refractivity contribution in [3.8, 4) is 0 Å². The summed E-state index contributed by atoms with van der Waals surface area (Å²) in [6, 6.07) is 3.91. The zero-order chi connectivity index (χ0) is 18.4. The maximum absolute atomic E-state index is 13.4. The molecule has 0 aliphatic rings. The van der Waals surface area contributed by atoms with Gasteiger partial charge in [-0.05, 0) is 12.1 Å². The summed E-state index contributed by atoms with van der Waals surface area (Å²) in [5, 5.41) is 0. The van der Waals surface area contributed by atoms with E-state index < -0.39 is 26.1 Å². The molecule has 0 aromatic carbocycles. The van der Waals surface area contributed by atoms with Gasteiger partial charge < -0.3 is 14.0 Å². The number of carbonyl (C=O) groups excluding carboxylic acids is 1. The Morgan fingerprint density at radius 1 is 1.36 bits per heavy atom. The van der Waals surface area contributed by atoms with Crippen LogP contribution >= 0.6 is 0 Å². The van der Waals surface area contributed by atoms with Crippen LogP contribution in [0.4, 0.5) is 4.39 Å². The minimum atomic E-state index is -1.12. The Labute approximate surface area is 148 Å². The number of carbonyl (C=O) groups is 1. The SMILES string of the molecule is CC(=O)OC(c1ccnc(F)c1)c1cn(COCC[Si](C)(C)C)cn1. The molecular weight excluding hydrogens is 341 g/mol. The first kappa shape index (κ1) is 19.3. The van der Waals surface area contributed by atoms with E-state index >= 15 is 0 Å². The number of hydrogen-bond donors (Lipinski definition) is 0. The lowest BCUT2D eigenvalue weighted by Gasteiger charge is -2.16. The summed E-state index contributed by atoms with van der Waals surface area (Å²) in [5.41, 5.74) is 0.988. The summed E-state index contributed by atoms with van der Waals surface area (Å²) < 4.78 is 26.2. The van der Waals surface area contributed by atoms with Gasteiger partial charge in [0.2, 0.25) is 5.95 Å². The van der Waals surface area contributed by atoms with Gasteiger partial charge in [0.1, 0.15) is 12.4 Å². The molecule has 8 heteroatoms. The predicted molar refractivity (Wildman–Crippen MR) is 94.1 cm³/mol. The molecule has 2 heterocycles. The van der Waals surface area contributed by atoms with Crippen molar-refractivity contribution >= 4 is 14.0 Å². The Bertz CT molecular complexity index is 715. The van der Waals surface area contributed by atoms with Crippen LogP contribution in [0.2, 0.25) is 25.7 Å². The number of esters is 1. The van der Waals surface area contributed by atoms with E-state index in [1.807, 2.05) is 0 Å². The highest BCUT2D eigenvalue weighted by Crippen LogP contribution is 2.25. The molecule has 136 valence electrons. The molecule has 1 atom stereocenters. The Morgan fingerprint density at radius 3 is 2.76 bits per heavy atom. The quantitative estimate of drug-likeness (QED) is 0.310. The van der Waals surface area contributed by atoms with E-state index in [-0.39, 0.29) is 0 Å². The molecular formula is C17H24FN3O3Si. The summed E-state index contributed by atoms with van der Waals surface area (Å²) >= 11 is 0. The molecule has 2 rings (SSSR count). The molecule has 2 aromatic heterocycles. The molecule has 0 aliphatic carbocycles. The second-order valence-electron chi connectivity index (χ2n) is 7.06. The van der Waals surface area contributed by atoms with E-state index in [1.165, 1.54) is 19.2 Å².